The van der Waals surface area contributed by atoms with Crippen LogP contribution in [0.2, 0.25) is 0 Å². The van der Waals surface area contributed by atoms with E-state index in [1.54, 1.807) is 36.5 Å². The Morgan fingerprint density at radius 2 is 1.09 bits per heavy atom. The average Bonchev–Trinajstić information content (AvgIpc) is 2.54. The lowest BCUT2D eigenvalue weighted by molar-refractivity contribution is 1.43. The Hall–Kier alpha value is -2.86. The van der Waals surface area contributed by atoms with E-state index in [9.17, 15) is 0 Å². The maximum Gasteiger partial charge on any atom is -0.0112 e. The summed E-state index contributed by atoms with van der Waals surface area (Å²) in [4.78, 5) is 0. The van der Waals surface area contributed by atoms with E-state index in [0.29, 0.717) is 0 Å². The minimum absolute atomic E-state index is 0.945. The van der Waals surface area contributed by atoms with Gasteiger partial charge in [-0.05, 0) is 22.3 Å². The minimum atomic E-state index is 0.945. The molecule has 0 heterocycles. The highest BCUT2D eigenvalue weighted by Crippen LogP contribution is 2.25. The third-order valence-electron chi connectivity index (χ3n) is 2.77. The van der Waals surface area contributed by atoms with Crippen LogP contribution in [0.25, 0.3) is 0 Å². The maximum atomic E-state index is 3.92. The van der Waals surface area contributed by atoms with E-state index in [1.807, 2.05) is 36.5 Å². The Morgan fingerprint density at radius 1 is 0.500 bits per heavy atom. The maximum absolute atomic E-state index is 3.92. The van der Waals surface area contributed by atoms with Gasteiger partial charge in [0.05, 0.1) is 0 Å². The van der Waals surface area contributed by atoms with Crippen molar-refractivity contribution < 1.29 is 0 Å². The molecular weight excluding hydrogens is 264 g/mol. The number of allylic oxidation sites excluding steroid dienone is 16. The fourth-order valence-corrected chi connectivity index (χ4v) is 1.81. The van der Waals surface area contributed by atoms with E-state index in [1.165, 1.54) is 0 Å². The summed E-state index contributed by atoms with van der Waals surface area (Å²) in [6.07, 6.45) is 22.0. The van der Waals surface area contributed by atoms with Crippen LogP contribution < -0.4 is 0 Å². The fourth-order valence-electron chi connectivity index (χ4n) is 1.81. The molecule has 0 bridgehead atoms. The Bertz CT molecular complexity index is 596. The van der Waals surface area contributed by atoms with Crippen LogP contribution >= 0.6 is 0 Å². The third kappa shape index (κ3) is 6.06. The zero-order valence-corrected chi connectivity index (χ0v) is 13.2. The second-order valence-electron chi connectivity index (χ2n) is 4.13. The predicted molar refractivity (Wildman–Crippen MR) is 103 cm³/mol. The topological polar surface area (TPSA) is 0 Å². The number of rotatable bonds is 10. The quantitative estimate of drug-likeness (QED) is 0.410. The smallest absolute Gasteiger partial charge is 0.0112 e. The normalized spacial score (nSPS) is 13.6. The van der Waals surface area contributed by atoms with Gasteiger partial charge < -0.3 is 0 Å². The van der Waals surface area contributed by atoms with Crippen LogP contribution in [0.4, 0.5) is 0 Å². The highest BCUT2D eigenvalue weighted by atomic mass is 14.1. The van der Waals surface area contributed by atoms with Gasteiger partial charge >= 0.3 is 0 Å². The van der Waals surface area contributed by atoms with Crippen molar-refractivity contribution in [3.63, 3.8) is 0 Å². The Balaban J connectivity index is 6.26. The molecule has 0 fully saturated rings. The van der Waals surface area contributed by atoms with Crippen LogP contribution in [0.1, 0.15) is 0 Å². The van der Waals surface area contributed by atoms with Gasteiger partial charge in [-0.25, -0.2) is 0 Å². The SMILES string of the molecule is C=CC=C(/C=C\C=C)/C(C=C)=C(C=C)/C(C=C)=C/C=C\C=C. The van der Waals surface area contributed by atoms with Gasteiger partial charge in [0, 0.05) is 0 Å². The van der Waals surface area contributed by atoms with Crippen molar-refractivity contribution in [1.29, 1.82) is 0 Å². The highest BCUT2D eigenvalue weighted by Gasteiger charge is 2.06. The summed E-state index contributed by atoms with van der Waals surface area (Å²) in [6, 6.07) is 0. The average molecular weight is 288 g/mol. The van der Waals surface area contributed by atoms with Gasteiger partial charge in [0.25, 0.3) is 0 Å². The first-order chi connectivity index (χ1) is 10.7. The molecule has 0 aromatic rings. The molecule has 0 aliphatic rings. The first kappa shape index (κ1) is 19.1. The molecule has 0 saturated carbocycles. The summed E-state index contributed by atoms with van der Waals surface area (Å²) in [5, 5.41) is 0. The summed E-state index contributed by atoms with van der Waals surface area (Å²) in [6.45, 7) is 22.8. The lowest BCUT2D eigenvalue weighted by atomic mass is 9.93. The van der Waals surface area contributed by atoms with Crippen molar-refractivity contribution in [3.8, 4) is 0 Å². The van der Waals surface area contributed by atoms with Crippen molar-refractivity contribution in [1.82, 2.24) is 0 Å². The van der Waals surface area contributed by atoms with Crippen molar-refractivity contribution in [2.24, 2.45) is 0 Å². The van der Waals surface area contributed by atoms with E-state index >= 15 is 0 Å². The van der Waals surface area contributed by atoms with Gasteiger partial charge in [0.1, 0.15) is 0 Å². The lowest BCUT2D eigenvalue weighted by Crippen LogP contribution is -1.93. The Labute approximate surface area is 135 Å². The molecule has 0 spiro atoms. The van der Waals surface area contributed by atoms with Crippen LogP contribution in [0.5, 0.6) is 0 Å². The summed E-state index contributed by atoms with van der Waals surface area (Å²) < 4.78 is 0. The summed E-state index contributed by atoms with van der Waals surface area (Å²) in [5.74, 6) is 0. The van der Waals surface area contributed by atoms with Crippen LogP contribution in [0.15, 0.2) is 135 Å². The first-order valence-electron chi connectivity index (χ1n) is 6.93. The Kier molecular flexibility index (Phi) is 10.4. The van der Waals surface area contributed by atoms with Crippen LogP contribution in [-0.4, -0.2) is 0 Å². The van der Waals surface area contributed by atoms with E-state index in [2.05, 4.69) is 39.5 Å². The lowest BCUT2D eigenvalue weighted by Gasteiger charge is -2.11. The van der Waals surface area contributed by atoms with Crippen LogP contribution in [0.3, 0.4) is 0 Å². The van der Waals surface area contributed by atoms with Crippen molar-refractivity contribution in [3.05, 3.63) is 135 Å². The van der Waals surface area contributed by atoms with Crippen molar-refractivity contribution >= 4 is 0 Å². The summed E-state index contributed by atoms with van der Waals surface area (Å²) >= 11 is 0. The standard InChI is InChI=1S/C22H24/c1-7-13-15-18-19(10-4)21(11-5)22(12-6)20(16-9-3)17-14-8-2/h7-18H,1-6H2/b15-13-,17-14-,19-18+,20-16?,22-21+. The van der Waals surface area contributed by atoms with Gasteiger partial charge in [-0.3, -0.25) is 0 Å². The largest absolute Gasteiger partial charge is 0.0991 e. The monoisotopic (exact) mass is 288 g/mol. The first-order valence-corrected chi connectivity index (χ1v) is 6.93. The second kappa shape index (κ2) is 11.9. The van der Waals surface area contributed by atoms with E-state index < -0.39 is 0 Å². The van der Waals surface area contributed by atoms with Gasteiger partial charge in [-0.2, -0.15) is 0 Å². The molecule has 0 nitrogen and oxygen atoms in total. The molecule has 0 unspecified atom stereocenters. The van der Waals surface area contributed by atoms with Crippen LogP contribution in [0, 0.1) is 0 Å². The van der Waals surface area contributed by atoms with Crippen molar-refractivity contribution in [2.45, 2.75) is 0 Å². The van der Waals surface area contributed by atoms with Gasteiger partial charge in [-0.15, -0.1) is 0 Å². The molecule has 22 heavy (non-hydrogen) atoms. The molecule has 0 rings (SSSR count). The molecule has 0 amide bonds. The van der Waals surface area contributed by atoms with Crippen molar-refractivity contribution in [2.75, 3.05) is 0 Å². The molecule has 112 valence electrons. The van der Waals surface area contributed by atoms with Gasteiger partial charge in [0.15, 0.2) is 0 Å². The van der Waals surface area contributed by atoms with Crippen LogP contribution in [-0.2, 0) is 0 Å². The highest BCUT2D eigenvalue weighted by molar-refractivity contribution is 5.61. The summed E-state index contributed by atoms with van der Waals surface area (Å²) in [5.41, 5.74) is 3.82. The third-order valence-corrected chi connectivity index (χ3v) is 2.77. The molecule has 0 aliphatic carbocycles. The number of hydrogen-bond donors (Lipinski definition) is 0. The predicted octanol–water partition coefficient (Wildman–Crippen LogP) is 6.36. The van der Waals surface area contributed by atoms with E-state index in [0.717, 1.165) is 22.3 Å². The van der Waals surface area contributed by atoms with E-state index in [4.69, 9.17) is 0 Å². The molecule has 0 atom stereocenters. The van der Waals surface area contributed by atoms with Gasteiger partial charge in [-0.1, -0.05) is 112 Å². The Morgan fingerprint density at radius 3 is 1.55 bits per heavy atom. The minimum Gasteiger partial charge on any atom is -0.0991 e. The molecular formula is C22H24. The fraction of sp³-hybridized carbons (Fsp3) is 0. The molecule has 0 heteroatoms. The molecule has 0 N–H and O–H groups in total. The summed E-state index contributed by atoms with van der Waals surface area (Å²) in [7, 11) is 0. The zero-order valence-electron chi connectivity index (χ0n) is 13.2. The second-order valence-corrected chi connectivity index (χ2v) is 4.13. The van der Waals surface area contributed by atoms with Gasteiger partial charge in [0.2, 0.25) is 0 Å². The van der Waals surface area contributed by atoms with E-state index in [-0.39, 0.29) is 0 Å². The molecule has 0 radical (unpaired) electrons. The molecule has 0 saturated heterocycles. The zero-order chi connectivity index (χ0) is 16.8. The molecule has 0 aromatic heterocycles. The number of hydrogen-bond acceptors (Lipinski definition) is 0. The molecule has 0 aliphatic heterocycles. The molecule has 0 aromatic carbocycles.